The molecule has 0 N–H and O–H groups in total. The summed E-state index contributed by atoms with van der Waals surface area (Å²) in [6.07, 6.45) is -2.39. The summed E-state index contributed by atoms with van der Waals surface area (Å²) in [4.78, 5) is 49.6. The molecule has 1 heterocycles. The first-order valence-corrected chi connectivity index (χ1v) is 12.6. The van der Waals surface area contributed by atoms with Crippen LogP contribution in [0.25, 0.3) is 0 Å². The molecule has 0 radical (unpaired) electrons. The molecule has 212 valence electrons. The number of hydrogen-bond acceptors (Lipinski definition) is 8. The Balaban J connectivity index is 1.40. The van der Waals surface area contributed by atoms with E-state index >= 15 is 0 Å². The minimum atomic E-state index is -4.27. The van der Waals surface area contributed by atoms with Gasteiger partial charge in [-0.25, -0.2) is 18.4 Å². The van der Waals surface area contributed by atoms with E-state index in [0.717, 1.165) is 3.57 Å². The van der Waals surface area contributed by atoms with Gasteiger partial charge >= 0.3 is 29.8 Å². The predicted molar refractivity (Wildman–Crippen MR) is 125 cm³/mol. The second-order valence-electron chi connectivity index (χ2n) is 9.50. The van der Waals surface area contributed by atoms with E-state index in [2.05, 4.69) is 4.74 Å². The Kier molecular flexibility index (Phi) is 6.99. The number of carbonyl (C=O) groups is 4. The minimum Gasteiger partial charge on any atom is -0.458 e. The van der Waals surface area contributed by atoms with Gasteiger partial charge in [0.15, 0.2) is 11.6 Å². The van der Waals surface area contributed by atoms with Crippen LogP contribution in [0.5, 0.6) is 11.5 Å². The molecule has 40 heavy (non-hydrogen) atoms. The second kappa shape index (κ2) is 9.92. The van der Waals surface area contributed by atoms with Crippen LogP contribution in [-0.4, -0.2) is 42.0 Å². The molecule has 0 spiro atoms. The molecule has 5 rings (SSSR count). The van der Waals surface area contributed by atoms with Crippen molar-refractivity contribution in [2.75, 3.05) is 0 Å². The van der Waals surface area contributed by atoms with Gasteiger partial charge in [-0.2, -0.15) is 17.6 Å². The van der Waals surface area contributed by atoms with Crippen LogP contribution in [0, 0.1) is 50.5 Å². The first kappa shape index (κ1) is 28.2. The Labute approximate surface area is 234 Å². The van der Waals surface area contributed by atoms with E-state index in [0.29, 0.717) is 0 Å². The number of esters is 4. The Morgan fingerprint density at radius 3 is 2.12 bits per heavy atom. The zero-order valence-electron chi connectivity index (χ0n) is 19.9. The summed E-state index contributed by atoms with van der Waals surface area (Å²) in [7, 11) is 0. The number of rotatable bonds is 6. The minimum absolute atomic E-state index is 0.0167. The predicted octanol–water partition coefficient (Wildman–Crippen LogP) is 4.35. The van der Waals surface area contributed by atoms with Crippen molar-refractivity contribution in [2.24, 2.45) is 23.7 Å². The van der Waals surface area contributed by atoms with Gasteiger partial charge in [0.05, 0.1) is 11.8 Å². The van der Waals surface area contributed by atoms with Gasteiger partial charge in [0.25, 0.3) is 0 Å². The monoisotopic (exact) mass is 684 g/mol. The maximum Gasteiger partial charge on any atom is 0.382 e. The number of fused-ring (bicyclic) bond motifs is 1. The zero-order valence-corrected chi connectivity index (χ0v) is 22.0. The molecule has 0 aromatic heterocycles. The number of hydrogen-bond donors (Lipinski definition) is 0. The molecule has 1 saturated heterocycles. The Bertz CT molecular complexity index is 1410. The smallest absolute Gasteiger partial charge is 0.382 e. The summed E-state index contributed by atoms with van der Waals surface area (Å²) < 4.78 is 105. The Morgan fingerprint density at radius 2 is 1.55 bits per heavy atom. The third kappa shape index (κ3) is 4.56. The molecule has 3 fully saturated rings. The third-order valence-electron chi connectivity index (χ3n) is 7.07. The second-order valence-corrected chi connectivity index (χ2v) is 10.7. The fourth-order valence-electron chi connectivity index (χ4n) is 5.40. The highest BCUT2D eigenvalue weighted by atomic mass is 127. The van der Waals surface area contributed by atoms with Gasteiger partial charge in [-0.15, -0.1) is 0 Å². The van der Waals surface area contributed by atoms with Crippen LogP contribution >= 0.6 is 22.6 Å². The van der Waals surface area contributed by atoms with Crippen molar-refractivity contribution < 1.29 is 64.5 Å². The third-order valence-corrected chi connectivity index (χ3v) is 7.79. The van der Waals surface area contributed by atoms with Crippen molar-refractivity contribution in [3.05, 3.63) is 56.7 Å². The van der Waals surface area contributed by atoms with E-state index in [9.17, 15) is 45.5 Å². The molecule has 2 aromatic carbocycles. The molecule has 0 amide bonds. The summed E-state index contributed by atoms with van der Waals surface area (Å²) in [5.74, 6) is -25.5. The van der Waals surface area contributed by atoms with Gasteiger partial charge in [-0.05, 0) is 53.3 Å². The summed E-state index contributed by atoms with van der Waals surface area (Å²) in [6, 6.07) is 6.35. The van der Waals surface area contributed by atoms with Crippen molar-refractivity contribution in [1.82, 2.24) is 0 Å². The van der Waals surface area contributed by atoms with Crippen LogP contribution in [0.4, 0.5) is 26.3 Å². The average Bonchev–Trinajstić information content (AvgIpc) is 3.50. The fraction of sp³-hybridized carbons (Fsp3) is 0.360. The lowest BCUT2D eigenvalue weighted by Crippen LogP contribution is -2.44. The zero-order chi connectivity index (χ0) is 29.3. The molecular formula is C25H15F6IO8. The molecule has 6 atom stereocenters. The van der Waals surface area contributed by atoms with Gasteiger partial charge in [-0.1, -0.05) is 0 Å². The molecule has 8 nitrogen and oxygen atoms in total. The maximum atomic E-state index is 14.7. The van der Waals surface area contributed by atoms with Gasteiger partial charge in [0.2, 0.25) is 17.4 Å². The largest absolute Gasteiger partial charge is 0.458 e. The standard InChI is InChI=1S/C25H15F6IO8/c1-25(30,31)24(36)40-20-16(28)14(26)13(15(27)17(20)29)23(35)39-19-9-6-10-12(22(34)38-18(10)19)11(9)21(33)37-8-4-2-7(32)3-5-8/h2-5,9-12,18-19H,6H2,1H3. The molecule has 2 saturated carbocycles. The molecular weight excluding hydrogens is 669 g/mol. The van der Waals surface area contributed by atoms with Gasteiger partial charge in [0, 0.05) is 22.3 Å². The van der Waals surface area contributed by atoms with Crippen molar-refractivity contribution in [2.45, 2.75) is 31.5 Å². The topological polar surface area (TPSA) is 105 Å². The molecule has 2 aromatic rings. The molecule has 2 bridgehead atoms. The normalized spacial score (nSPS) is 26.4. The van der Waals surface area contributed by atoms with E-state index < -0.39 is 100 Å². The van der Waals surface area contributed by atoms with E-state index in [1.165, 1.54) is 12.1 Å². The summed E-state index contributed by atoms with van der Waals surface area (Å²) in [6.45, 7) is 0.0167. The van der Waals surface area contributed by atoms with E-state index in [-0.39, 0.29) is 19.1 Å². The van der Waals surface area contributed by atoms with Crippen LogP contribution in [0.15, 0.2) is 24.3 Å². The lowest BCUT2D eigenvalue weighted by atomic mass is 9.78. The lowest BCUT2D eigenvalue weighted by molar-refractivity contribution is -0.159. The van der Waals surface area contributed by atoms with Crippen molar-refractivity contribution in [3.63, 3.8) is 0 Å². The van der Waals surface area contributed by atoms with E-state index in [1.54, 1.807) is 12.1 Å². The first-order valence-electron chi connectivity index (χ1n) is 11.6. The fourth-order valence-corrected chi connectivity index (χ4v) is 5.76. The Morgan fingerprint density at radius 1 is 0.950 bits per heavy atom. The molecule has 15 heteroatoms. The van der Waals surface area contributed by atoms with Crippen molar-refractivity contribution >= 4 is 46.5 Å². The number of alkyl halides is 2. The first-order chi connectivity index (χ1) is 18.7. The lowest BCUT2D eigenvalue weighted by Gasteiger charge is -2.30. The summed E-state index contributed by atoms with van der Waals surface area (Å²) in [5.41, 5.74) is -1.89. The number of carbonyl (C=O) groups excluding carboxylic acids is 4. The van der Waals surface area contributed by atoms with Crippen LogP contribution in [0.3, 0.4) is 0 Å². The van der Waals surface area contributed by atoms with Gasteiger partial charge in [-0.3, -0.25) is 9.59 Å². The van der Waals surface area contributed by atoms with Crippen LogP contribution in [0.1, 0.15) is 23.7 Å². The molecule has 2 aliphatic carbocycles. The van der Waals surface area contributed by atoms with Crippen molar-refractivity contribution in [3.8, 4) is 11.5 Å². The van der Waals surface area contributed by atoms with Gasteiger partial charge in [0.1, 0.15) is 23.5 Å². The van der Waals surface area contributed by atoms with Crippen LogP contribution in [0.2, 0.25) is 0 Å². The van der Waals surface area contributed by atoms with E-state index in [4.69, 9.17) is 14.2 Å². The number of benzene rings is 2. The number of halogens is 7. The SMILES string of the molecule is CC(F)(F)C(=O)Oc1c(F)c(F)c(C(=O)OC2C3CC4C2OC(=O)C4C3C(=O)Oc2ccc(I)cc2)c(F)c1F. The number of ether oxygens (including phenoxy) is 4. The van der Waals surface area contributed by atoms with Crippen molar-refractivity contribution in [1.29, 1.82) is 0 Å². The summed E-state index contributed by atoms with van der Waals surface area (Å²) in [5, 5.41) is 0. The van der Waals surface area contributed by atoms with Crippen LogP contribution in [-0.2, 0) is 23.9 Å². The Hall–Kier alpha value is -3.37. The quantitative estimate of drug-likeness (QED) is 0.146. The van der Waals surface area contributed by atoms with Gasteiger partial charge < -0.3 is 18.9 Å². The highest BCUT2D eigenvalue weighted by molar-refractivity contribution is 14.1. The average molecular weight is 684 g/mol. The summed E-state index contributed by atoms with van der Waals surface area (Å²) >= 11 is 2.03. The maximum absolute atomic E-state index is 14.7. The molecule has 1 aliphatic heterocycles. The van der Waals surface area contributed by atoms with E-state index in [1.807, 2.05) is 22.6 Å². The van der Waals surface area contributed by atoms with Crippen LogP contribution < -0.4 is 9.47 Å². The molecule has 6 unspecified atom stereocenters. The molecule has 3 aliphatic rings. The highest BCUT2D eigenvalue weighted by Gasteiger charge is 2.70. The highest BCUT2D eigenvalue weighted by Crippen LogP contribution is 2.59.